The number of anilines is 2. The van der Waals surface area contributed by atoms with Gasteiger partial charge in [-0.05, 0) is 18.2 Å². The normalized spacial score (nSPS) is 10.1. The Bertz CT molecular complexity index is 690. The molecule has 0 bridgehead atoms. The van der Waals surface area contributed by atoms with Crippen molar-refractivity contribution in [1.29, 1.82) is 0 Å². The van der Waals surface area contributed by atoms with Gasteiger partial charge < -0.3 is 11.1 Å². The Morgan fingerprint density at radius 3 is 2.75 bits per heavy atom. The lowest BCUT2D eigenvalue weighted by Gasteiger charge is -2.07. The molecular formula is C12H9FN4O3. The van der Waals surface area contributed by atoms with Crippen LogP contribution in [0.2, 0.25) is 0 Å². The molecule has 0 fully saturated rings. The monoisotopic (exact) mass is 276 g/mol. The highest BCUT2D eigenvalue weighted by atomic mass is 19.1. The number of hydrogen-bond acceptors (Lipinski definition) is 5. The van der Waals surface area contributed by atoms with E-state index in [0.29, 0.717) is 0 Å². The molecule has 0 aliphatic carbocycles. The zero-order chi connectivity index (χ0) is 14.7. The molecule has 0 atom stereocenters. The quantitative estimate of drug-likeness (QED) is 0.657. The van der Waals surface area contributed by atoms with Crippen LogP contribution in [0.25, 0.3) is 0 Å². The number of halogens is 1. The van der Waals surface area contributed by atoms with E-state index in [9.17, 15) is 19.3 Å². The summed E-state index contributed by atoms with van der Waals surface area (Å²) in [5.41, 5.74) is 5.07. The van der Waals surface area contributed by atoms with E-state index in [0.717, 1.165) is 18.2 Å². The van der Waals surface area contributed by atoms with Crippen molar-refractivity contribution in [3.63, 3.8) is 0 Å². The number of nitrogen functional groups attached to an aromatic ring is 1. The number of benzene rings is 1. The van der Waals surface area contributed by atoms with Crippen LogP contribution in [-0.4, -0.2) is 15.8 Å². The van der Waals surface area contributed by atoms with Crippen molar-refractivity contribution < 1.29 is 14.1 Å². The van der Waals surface area contributed by atoms with Gasteiger partial charge in [0.1, 0.15) is 0 Å². The Balaban J connectivity index is 2.25. The Labute approximate surface area is 112 Å². The number of carbonyl (C=O) groups is 1. The van der Waals surface area contributed by atoms with Crippen molar-refractivity contribution in [1.82, 2.24) is 4.98 Å². The molecule has 0 radical (unpaired) electrons. The highest BCUT2D eigenvalue weighted by Gasteiger charge is 2.15. The molecule has 2 rings (SSSR count). The van der Waals surface area contributed by atoms with Gasteiger partial charge in [0.25, 0.3) is 11.6 Å². The number of nitrogens with two attached hydrogens (primary N) is 1. The third-order valence-corrected chi connectivity index (χ3v) is 2.47. The van der Waals surface area contributed by atoms with Crippen LogP contribution in [0, 0.1) is 15.9 Å². The van der Waals surface area contributed by atoms with Gasteiger partial charge in [0.15, 0.2) is 11.5 Å². The first-order chi connectivity index (χ1) is 9.49. The van der Waals surface area contributed by atoms with E-state index in [1.54, 1.807) is 6.07 Å². The summed E-state index contributed by atoms with van der Waals surface area (Å²) in [6.07, 6.45) is 1.37. The van der Waals surface area contributed by atoms with Crippen LogP contribution in [0.4, 0.5) is 21.5 Å². The zero-order valence-electron chi connectivity index (χ0n) is 10.0. The SMILES string of the molecule is Nc1cccnc1C(=O)Nc1ccc([N+](=O)[O-])cc1F. The number of carbonyl (C=O) groups excluding carboxylic acids is 1. The number of pyridine rings is 1. The summed E-state index contributed by atoms with van der Waals surface area (Å²) in [6.45, 7) is 0. The Morgan fingerprint density at radius 1 is 1.40 bits per heavy atom. The maximum Gasteiger partial charge on any atom is 0.276 e. The van der Waals surface area contributed by atoms with E-state index in [1.807, 2.05) is 0 Å². The highest BCUT2D eigenvalue weighted by Crippen LogP contribution is 2.21. The predicted molar refractivity (Wildman–Crippen MR) is 69.7 cm³/mol. The number of hydrogen-bond donors (Lipinski definition) is 2. The van der Waals surface area contributed by atoms with Crippen molar-refractivity contribution in [2.24, 2.45) is 0 Å². The topological polar surface area (TPSA) is 111 Å². The molecule has 0 saturated carbocycles. The number of rotatable bonds is 3. The fourth-order valence-corrected chi connectivity index (χ4v) is 1.51. The van der Waals surface area contributed by atoms with E-state index in [4.69, 9.17) is 5.73 Å². The van der Waals surface area contributed by atoms with Crippen LogP contribution < -0.4 is 11.1 Å². The summed E-state index contributed by atoms with van der Waals surface area (Å²) in [5, 5.41) is 12.7. The minimum Gasteiger partial charge on any atom is -0.397 e. The summed E-state index contributed by atoms with van der Waals surface area (Å²) in [5.74, 6) is -1.61. The molecule has 1 aromatic carbocycles. The van der Waals surface area contributed by atoms with Gasteiger partial charge >= 0.3 is 0 Å². The largest absolute Gasteiger partial charge is 0.397 e. The lowest BCUT2D eigenvalue weighted by Crippen LogP contribution is -2.16. The van der Waals surface area contributed by atoms with Crippen LogP contribution in [0.3, 0.4) is 0 Å². The maximum absolute atomic E-state index is 13.6. The molecule has 7 nitrogen and oxygen atoms in total. The number of non-ortho nitro benzene ring substituents is 1. The molecule has 1 aromatic heterocycles. The molecule has 0 aliphatic heterocycles. The van der Waals surface area contributed by atoms with Crippen LogP contribution in [0.1, 0.15) is 10.5 Å². The van der Waals surface area contributed by atoms with E-state index in [1.165, 1.54) is 12.3 Å². The molecule has 102 valence electrons. The Kier molecular flexibility index (Phi) is 3.56. The van der Waals surface area contributed by atoms with Gasteiger partial charge in [0, 0.05) is 12.3 Å². The van der Waals surface area contributed by atoms with E-state index >= 15 is 0 Å². The molecule has 20 heavy (non-hydrogen) atoms. The fraction of sp³-hybridized carbons (Fsp3) is 0. The van der Waals surface area contributed by atoms with Crippen molar-refractivity contribution in [3.8, 4) is 0 Å². The summed E-state index contributed by atoms with van der Waals surface area (Å²) >= 11 is 0. The van der Waals surface area contributed by atoms with Crippen LogP contribution in [0.15, 0.2) is 36.5 Å². The number of nitrogens with one attached hydrogen (secondary N) is 1. The maximum atomic E-state index is 13.6. The summed E-state index contributed by atoms with van der Waals surface area (Å²) in [4.78, 5) is 25.4. The number of nitro groups is 1. The summed E-state index contributed by atoms with van der Waals surface area (Å²) in [6, 6.07) is 5.94. The number of nitro benzene ring substituents is 1. The standard InChI is InChI=1S/C12H9FN4O3/c13-8-6-7(17(19)20)3-4-10(8)16-12(18)11-9(14)2-1-5-15-11/h1-6H,14H2,(H,16,18). The molecular weight excluding hydrogens is 267 g/mol. The van der Waals surface area contributed by atoms with Crippen LogP contribution in [-0.2, 0) is 0 Å². The average molecular weight is 276 g/mol. The first kappa shape index (κ1) is 13.4. The van der Waals surface area contributed by atoms with Gasteiger partial charge in [-0.15, -0.1) is 0 Å². The summed E-state index contributed by atoms with van der Waals surface area (Å²) in [7, 11) is 0. The third kappa shape index (κ3) is 2.69. The number of nitrogens with zero attached hydrogens (tertiary/aromatic N) is 2. The minimum atomic E-state index is -0.915. The molecule has 0 unspecified atom stereocenters. The van der Waals surface area contributed by atoms with Crippen molar-refractivity contribution in [3.05, 3.63) is 58.2 Å². The second-order valence-electron chi connectivity index (χ2n) is 3.82. The van der Waals surface area contributed by atoms with Crippen LogP contribution >= 0.6 is 0 Å². The van der Waals surface area contributed by atoms with Crippen molar-refractivity contribution in [2.75, 3.05) is 11.1 Å². The zero-order valence-corrected chi connectivity index (χ0v) is 10.0. The second kappa shape index (κ2) is 5.31. The first-order valence-corrected chi connectivity index (χ1v) is 5.45. The molecule has 0 saturated heterocycles. The average Bonchev–Trinajstić information content (AvgIpc) is 2.41. The van der Waals surface area contributed by atoms with E-state index < -0.39 is 22.3 Å². The number of aromatic nitrogens is 1. The summed E-state index contributed by atoms with van der Waals surface area (Å²) < 4.78 is 13.6. The molecule has 8 heteroatoms. The van der Waals surface area contributed by atoms with E-state index in [-0.39, 0.29) is 17.1 Å². The smallest absolute Gasteiger partial charge is 0.276 e. The highest BCUT2D eigenvalue weighted by molar-refractivity contribution is 6.06. The third-order valence-electron chi connectivity index (χ3n) is 2.47. The van der Waals surface area contributed by atoms with Crippen molar-refractivity contribution >= 4 is 23.0 Å². The number of amides is 1. The second-order valence-corrected chi connectivity index (χ2v) is 3.82. The molecule has 2 aromatic rings. The van der Waals surface area contributed by atoms with Gasteiger partial charge in [-0.3, -0.25) is 14.9 Å². The van der Waals surface area contributed by atoms with Gasteiger partial charge in [0.05, 0.1) is 22.4 Å². The molecule has 3 N–H and O–H groups in total. The van der Waals surface area contributed by atoms with Crippen molar-refractivity contribution in [2.45, 2.75) is 0 Å². The van der Waals surface area contributed by atoms with Gasteiger partial charge in [-0.1, -0.05) is 0 Å². The van der Waals surface area contributed by atoms with Crippen LogP contribution in [0.5, 0.6) is 0 Å². The molecule has 1 heterocycles. The Hall–Kier alpha value is -3.03. The predicted octanol–water partition coefficient (Wildman–Crippen LogP) is 1.96. The van der Waals surface area contributed by atoms with Gasteiger partial charge in [0.2, 0.25) is 0 Å². The fourth-order valence-electron chi connectivity index (χ4n) is 1.51. The first-order valence-electron chi connectivity index (χ1n) is 5.45. The molecule has 0 spiro atoms. The van der Waals surface area contributed by atoms with E-state index in [2.05, 4.69) is 10.3 Å². The Morgan fingerprint density at radius 2 is 2.15 bits per heavy atom. The molecule has 1 amide bonds. The lowest BCUT2D eigenvalue weighted by atomic mass is 10.2. The lowest BCUT2D eigenvalue weighted by molar-refractivity contribution is -0.385. The minimum absolute atomic E-state index is 0.0507. The van der Waals surface area contributed by atoms with Gasteiger partial charge in [-0.25, -0.2) is 9.37 Å². The molecule has 0 aliphatic rings. The van der Waals surface area contributed by atoms with Gasteiger partial charge in [-0.2, -0.15) is 0 Å².